The van der Waals surface area contributed by atoms with Crippen molar-refractivity contribution in [2.24, 2.45) is 4.99 Å². The number of halogens is 2. The van der Waals surface area contributed by atoms with E-state index in [0.717, 1.165) is 16.7 Å². The summed E-state index contributed by atoms with van der Waals surface area (Å²) in [5.41, 5.74) is 3.89. The first-order chi connectivity index (χ1) is 9.01. The number of benzene rings is 1. The van der Waals surface area contributed by atoms with Crippen LogP contribution in [0.15, 0.2) is 46.5 Å². The quantitative estimate of drug-likeness (QED) is 0.709. The number of aliphatic imine (C=N–C) groups is 1. The lowest BCUT2D eigenvalue weighted by molar-refractivity contribution is 0.399. The molecule has 0 aromatic heterocycles. The maximum absolute atomic E-state index is 13.5. The van der Waals surface area contributed by atoms with E-state index in [1.807, 2.05) is 26.0 Å². The van der Waals surface area contributed by atoms with E-state index < -0.39 is 6.17 Å². The van der Waals surface area contributed by atoms with Crippen molar-refractivity contribution in [2.45, 2.75) is 26.4 Å². The van der Waals surface area contributed by atoms with E-state index in [0.29, 0.717) is 17.7 Å². The van der Waals surface area contributed by atoms with E-state index in [4.69, 9.17) is 0 Å². The smallest absolute Gasteiger partial charge is 0.124 e. The van der Waals surface area contributed by atoms with Gasteiger partial charge >= 0.3 is 0 Å². The van der Waals surface area contributed by atoms with Gasteiger partial charge in [-0.15, -0.1) is 0 Å². The van der Waals surface area contributed by atoms with Crippen LogP contribution in [0.5, 0.6) is 0 Å². The van der Waals surface area contributed by atoms with Crippen LogP contribution in [0.4, 0.5) is 8.78 Å². The predicted octanol–water partition coefficient (Wildman–Crippen LogP) is 4.17. The largest absolute Gasteiger partial charge is 0.287 e. The average molecular weight is 261 g/mol. The number of nitrogens with zero attached hydrogens (tertiary/aromatic N) is 1. The molecule has 1 aromatic carbocycles. The number of alkyl halides is 1. The molecule has 100 valence electrons. The van der Waals surface area contributed by atoms with E-state index in [9.17, 15) is 8.78 Å². The standard InChI is InChI=1S/C16H17F2N/c1-10-6-12(8-14(18)7-10)16(19-3)15-9-13(17)5-4-11(15)2/h4,6-9,13H,5H2,1-3H3. The summed E-state index contributed by atoms with van der Waals surface area (Å²) in [6.07, 6.45) is 2.83. The molecule has 1 aromatic rings. The van der Waals surface area contributed by atoms with Crippen LogP contribution in [-0.4, -0.2) is 18.9 Å². The van der Waals surface area contributed by atoms with Gasteiger partial charge in [-0.3, -0.25) is 4.99 Å². The molecule has 0 heterocycles. The molecular formula is C16H17F2N. The van der Waals surface area contributed by atoms with Gasteiger partial charge in [-0.2, -0.15) is 0 Å². The molecule has 1 nitrogen and oxygen atoms in total. The Balaban J connectivity index is 2.49. The maximum atomic E-state index is 13.5. The summed E-state index contributed by atoms with van der Waals surface area (Å²) in [6, 6.07) is 4.76. The number of allylic oxidation sites excluding steroid dienone is 4. The minimum Gasteiger partial charge on any atom is -0.287 e. The highest BCUT2D eigenvalue weighted by molar-refractivity contribution is 6.15. The predicted molar refractivity (Wildman–Crippen MR) is 75.0 cm³/mol. The van der Waals surface area contributed by atoms with Crippen LogP contribution in [0, 0.1) is 12.7 Å². The summed E-state index contributed by atoms with van der Waals surface area (Å²) >= 11 is 0. The Labute approximate surface area is 112 Å². The minimum absolute atomic E-state index is 0.300. The fourth-order valence-electron chi connectivity index (χ4n) is 2.32. The summed E-state index contributed by atoms with van der Waals surface area (Å²) in [6.45, 7) is 3.75. The van der Waals surface area contributed by atoms with Crippen molar-refractivity contribution in [3.05, 3.63) is 58.4 Å². The van der Waals surface area contributed by atoms with Gasteiger partial charge in [0.15, 0.2) is 0 Å². The fourth-order valence-corrected chi connectivity index (χ4v) is 2.32. The number of hydrogen-bond acceptors (Lipinski definition) is 1. The Morgan fingerprint density at radius 1 is 1.26 bits per heavy atom. The minimum atomic E-state index is -0.995. The number of rotatable bonds is 2. The van der Waals surface area contributed by atoms with Gasteiger partial charge in [0, 0.05) is 24.6 Å². The first-order valence-electron chi connectivity index (χ1n) is 6.29. The zero-order chi connectivity index (χ0) is 14.0. The van der Waals surface area contributed by atoms with Crippen LogP contribution in [0.1, 0.15) is 24.5 Å². The monoisotopic (exact) mass is 261 g/mol. The SMILES string of the molecule is CN=C(C1=CC(F)CC=C1C)c1cc(C)cc(F)c1. The molecule has 3 heteroatoms. The molecular weight excluding hydrogens is 244 g/mol. The molecule has 0 aliphatic heterocycles. The van der Waals surface area contributed by atoms with Crippen molar-refractivity contribution < 1.29 is 8.78 Å². The molecule has 0 amide bonds. The molecule has 0 fully saturated rings. The lowest BCUT2D eigenvalue weighted by atomic mass is 9.90. The van der Waals surface area contributed by atoms with Crippen LogP contribution in [0.2, 0.25) is 0 Å². The summed E-state index contributed by atoms with van der Waals surface area (Å²) in [5, 5.41) is 0. The molecule has 1 atom stereocenters. The highest BCUT2D eigenvalue weighted by Gasteiger charge is 2.18. The highest BCUT2D eigenvalue weighted by atomic mass is 19.1. The van der Waals surface area contributed by atoms with Crippen LogP contribution in [0.3, 0.4) is 0 Å². The lowest BCUT2D eigenvalue weighted by Crippen LogP contribution is -2.13. The molecule has 0 radical (unpaired) electrons. The van der Waals surface area contributed by atoms with Gasteiger partial charge in [0.2, 0.25) is 0 Å². The molecule has 0 N–H and O–H groups in total. The van der Waals surface area contributed by atoms with Gasteiger partial charge in [0.25, 0.3) is 0 Å². The average Bonchev–Trinajstić information content (AvgIpc) is 2.33. The Hall–Kier alpha value is -1.77. The number of hydrogen-bond donors (Lipinski definition) is 0. The van der Waals surface area contributed by atoms with Crippen LogP contribution < -0.4 is 0 Å². The van der Waals surface area contributed by atoms with Gasteiger partial charge in [-0.25, -0.2) is 8.78 Å². The number of aryl methyl sites for hydroxylation is 1. The Kier molecular flexibility index (Phi) is 3.93. The molecule has 0 bridgehead atoms. The topological polar surface area (TPSA) is 12.4 Å². The van der Waals surface area contributed by atoms with Gasteiger partial charge < -0.3 is 0 Å². The van der Waals surface area contributed by atoms with Crippen molar-refractivity contribution >= 4 is 5.71 Å². The van der Waals surface area contributed by atoms with Crippen molar-refractivity contribution in [1.82, 2.24) is 0 Å². The second-order valence-corrected chi connectivity index (χ2v) is 4.81. The molecule has 0 spiro atoms. The molecule has 1 aliphatic rings. The second-order valence-electron chi connectivity index (χ2n) is 4.81. The molecule has 1 unspecified atom stereocenters. The van der Waals surface area contributed by atoms with Gasteiger partial charge in [-0.1, -0.05) is 6.08 Å². The Morgan fingerprint density at radius 2 is 2.00 bits per heavy atom. The third kappa shape index (κ3) is 2.98. The highest BCUT2D eigenvalue weighted by Crippen LogP contribution is 2.25. The molecule has 1 aliphatic carbocycles. The van der Waals surface area contributed by atoms with Crippen LogP contribution >= 0.6 is 0 Å². The Bertz CT molecular complexity index is 562. The zero-order valence-electron chi connectivity index (χ0n) is 11.4. The van der Waals surface area contributed by atoms with E-state index in [1.54, 1.807) is 13.1 Å². The van der Waals surface area contributed by atoms with Crippen molar-refractivity contribution in [3.8, 4) is 0 Å². The maximum Gasteiger partial charge on any atom is 0.124 e. The third-order valence-electron chi connectivity index (χ3n) is 3.22. The molecule has 2 rings (SSSR count). The van der Waals surface area contributed by atoms with Gasteiger partial charge in [-0.05, 0) is 49.3 Å². The van der Waals surface area contributed by atoms with Crippen molar-refractivity contribution in [2.75, 3.05) is 7.05 Å². The first kappa shape index (κ1) is 13.7. The van der Waals surface area contributed by atoms with E-state index in [2.05, 4.69) is 4.99 Å². The van der Waals surface area contributed by atoms with Gasteiger partial charge in [0.05, 0.1) is 5.71 Å². The second kappa shape index (κ2) is 5.47. The summed E-state index contributed by atoms with van der Waals surface area (Å²) in [5.74, 6) is -0.300. The van der Waals surface area contributed by atoms with Gasteiger partial charge in [0.1, 0.15) is 12.0 Å². The summed E-state index contributed by atoms with van der Waals surface area (Å²) in [7, 11) is 1.64. The molecule has 0 saturated heterocycles. The normalized spacial score (nSPS) is 20.1. The summed E-state index contributed by atoms with van der Waals surface area (Å²) in [4.78, 5) is 4.22. The van der Waals surface area contributed by atoms with E-state index in [1.165, 1.54) is 12.1 Å². The Morgan fingerprint density at radius 3 is 2.63 bits per heavy atom. The van der Waals surface area contributed by atoms with Crippen molar-refractivity contribution in [1.29, 1.82) is 0 Å². The van der Waals surface area contributed by atoms with Crippen LogP contribution in [-0.2, 0) is 0 Å². The molecule has 19 heavy (non-hydrogen) atoms. The molecule has 0 saturated carbocycles. The zero-order valence-corrected chi connectivity index (χ0v) is 11.4. The van der Waals surface area contributed by atoms with Crippen LogP contribution in [0.25, 0.3) is 0 Å². The van der Waals surface area contributed by atoms with E-state index >= 15 is 0 Å². The lowest BCUT2D eigenvalue weighted by Gasteiger charge is -2.17. The third-order valence-corrected chi connectivity index (χ3v) is 3.22. The summed E-state index contributed by atoms with van der Waals surface area (Å²) < 4.78 is 27.0. The fraction of sp³-hybridized carbons (Fsp3) is 0.312. The first-order valence-corrected chi connectivity index (χ1v) is 6.29. The van der Waals surface area contributed by atoms with Crippen molar-refractivity contribution in [3.63, 3.8) is 0 Å². The van der Waals surface area contributed by atoms with E-state index in [-0.39, 0.29) is 5.82 Å².